The highest BCUT2D eigenvalue weighted by atomic mass is 35.5. The Morgan fingerprint density at radius 3 is 2.54 bits per heavy atom. The van der Waals surface area contributed by atoms with Gasteiger partial charge in [0.05, 0.1) is 16.3 Å². The lowest BCUT2D eigenvalue weighted by atomic mass is 10.2. The third-order valence-electron chi connectivity index (χ3n) is 3.19. The Morgan fingerprint density at radius 2 is 1.92 bits per heavy atom. The SMILES string of the molecule is CN(c1ccccc1)S(=O)(=O)c1cc(C(=O)OCC#N)ccc1Cl. The molecule has 8 heteroatoms. The lowest BCUT2D eigenvalue weighted by Crippen LogP contribution is -2.27. The van der Waals surface area contributed by atoms with E-state index in [0.717, 1.165) is 10.4 Å². The van der Waals surface area contributed by atoms with Gasteiger partial charge in [-0.2, -0.15) is 5.26 Å². The van der Waals surface area contributed by atoms with E-state index in [1.807, 2.05) is 0 Å². The second-order valence-corrected chi connectivity index (χ2v) is 7.03. The number of benzene rings is 2. The van der Waals surface area contributed by atoms with Gasteiger partial charge in [0, 0.05) is 7.05 Å². The Balaban J connectivity index is 2.43. The number of carbonyl (C=O) groups excluding carboxylic acids is 1. The predicted molar refractivity (Wildman–Crippen MR) is 89.4 cm³/mol. The molecule has 2 aromatic carbocycles. The molecule has 2 aromatic rings. The first kappa shape index (κ1) is 17.8. The fraction of sp³-hybridized carbons (Fsp3) is 0.125. The van der Waals surface area contributed by atoms with Gasteiger partial charge in [-0.05, 0) is 30.3 Å². The van der Waals surface area contributed by atoms with Crippen molar-refractivity contribution in [2.24, 2.45) is 0 Å². The highest BCUT2D eigenvalue weighted by molar-refractivity contribution is 7.93. The molecule has 0 aliphatic rings. The number of sulfonamides is 1. The summed E-state index contributed by atoms with van der Waals surface area (Å²) in [5.41, 5.74) is 0.445. The molecule has 0 unspecified atom stereocenters. The molecular weight excluding hydrogens is 352 g/mol. The van der Waals surface area contributed by atoms with E-state index in [-0.39, 0.29) is 15.5 Å². The summed E-state index contributed by atoms with van der Waals surface area (Å²) in [6, 6.07) is 13.9. The summed E-state index contributed by atoms with van der Waals surface area (Å²) in [7, 11) is -2.58. The first-order valence-electron chi connectivity index (χ1n) is 6.75. The Labute approximate surface area is 144 Å². The number of nitrogens with zero attached hydrogens (tertiary/aromatic N) is 2. The summed E-state index contributed by atoms with van der Waals surface area (Å²) in [6.07, 6.45) is 0. The molecule has 0 heterocycles. The van der Waals surface area contributed by atoms with Crippen LogP contribution in [-0.4, -0.2) is 28.0 Å². The molecule has 2 rings (SSSR count). The molecule has 0 spiro atoms. The Hall–Kier alpha value is -2.56. The minimum atomic E-state index is -3.97. The van der Waals surface area contributed by atoms with Gasteiger partial charge in [0.1, 0.15) is 11.0 Å². The van der Waals surface area contributed by atoms with Crippen molar-refractivity contribution in [3.63, 3.8) is 0 Å². The van der Waals surface area contributed by atoms with Gasteiger partial charge in [-0.15, -0.1) is 0 Å². The molecule has 0 radical (unpaired) electrons. The van der Waals surface area contributed by atoms with Crippen molar-refractivity contribution >= 4 is 33.3 Å². The molecule has 0 atom stereocenters. The number of para-hydroxylation sites is 1. The van der Waals surface area contributed by atoms with Crippen LogP contribution in [0.25, 0.3) is 0 Å². The van der Waals surface area contributed by atoms with Crippen LogP contribution in [0.3, 0.4) is 0 Å². The maximum Gasteiger partial charge on any atom is 0.339 e. The summed E-state index contributed by atoms with van der Waals surface area (Å²) in [5.74, 6) is -0.799. The quantitative estimate of drug-likeness (QED) is 0.761. The van der Waals surface area contributed by atoms with Gasteiger partial charge in [-0.25, -0.2) is 13.2 Å². The van der Waals surface area contributed by atoms with Crippen LogP contribution in [0.4, 0.5) is 5.69 Å². The van der Waals surface area contributed by atoms with E-state index >= 15 is 0 Å². The molecular formula is C16H13ClN2O4S. The zero-order chi connectivity index (χ0) is 17.7. The molecule has 0 aliphatic carbocycles. The van der Waals surface area contributed by atoms with Crippen LogP contribution in [0.1, 0.15) is 10.4 Å². The molecule has 0 bridgehead atoms. The van der Waals surface area contributed by atoms with Crippen LogP contribution in [0.2, 0.25) is 5.02 Å². The van der Waals surface area contributed by atoms with Gasteiger partial charge in [-0.1, -0.05) is 29.8 Å². The molecule has 6 nitrogen and oxygen atoms in total. The van der Waals surface area contributed by atoms with Gasteiger partial charge >= 0.3 is 5.97 Å². The van der Waals surface area contributed by atoms with Crippen LogP contribution in [-0.2, 0) is 14.8 Å². The Kier molecular flexibility index (Phi) is 5.44. The molecule has 124 valence electrons. The second kappa shape index (κ2) is 7.34. The number of esters is 1. The minimum absolute atomic E-state index is 0.00492. The topological polar surface area (TPSA) is 87.5 Å². The Morgan fingerprint density at radius 1 is 1.25 bits per heavy atom. The number of rotatable bonds is 5. The fourth-order valence-corrected chi connectivity index (χ4v) is 3.63. The standard InChI is InChI=1S/C16H13ClN2O4S/c1-19(13-5-3-2-4-6-13)24(21,22)15-11-12(7-8-14(15)17)16(20)23-10-9-18/h2-8,11H,10H2,1H3. The van der Waals surface area contributed by atoms with Crippen molar-refractivity contribution in [1.82, 2.24) is 0 Å². The number of halogens is 1. The monoisotopic (exact) mass is 364 g/mol. The first-order valence-corrected chi connectivity index (χ1v) is 8.57. The van der Waals surface area contributed by atoms with E-state index in [0.29, 0.717) is 5.69 Å². The molecule has 0 aromatic heterocycles. The number of hydrogen-bond acceptors (Lipinski definition) is 5. The fourth-order valence-electron chi connectivity index (χ4n) is 1.93. The van der Waals surface area contributed by atoms with Crippen molar-refractivity contribution in [3.05, 3.63) is 59.1 Å². The van der Waals surface area contributed by atoms with Crippen molar-refractivity contribution in [2.75, 3.05) is 18.0 Å². The minimum Gasteiger partial charge on any atom is -0.447 e. The van der Waals surface area contributed by atoms with Gasteiger partial charge in [0.2, 0.25) is 0 Å². The molecule has 0 fully saturated rings. The maximum atomic E-state index is 12.8. The Bertz CT molecular complexity index is 892. The summed E-state index contributed by atoms with van der Waals surface area (Å²) in [4.78, 5) is 11.6. The van der Waals surface area contributed by atoms with E-state index in [1.54, 1.807) is 36.4 Å². The number of nitriles is 1. The third kappa shape index (κ3) is 3.67. The number of anilines is 1. The zero-order valence-corrected chi connectivity index (χ0v) is 14.2. The summed E-state index contributed by atoms with van der Waals surface area (Å²) < 4.78 is 31.3. The molecule has 24 heavy (non-hydrogen) atoms. The van der Waals surface area contributed by atoms with E-state index in [4.69, 9.17) is 16.9 Å². The molecule has 0 amide bonds. The summed E-state index contributed by atoms with van der Waals surface area (Å²) >= 11 is 6.01. The first-order chi connectivity index (χ1) is 11.4. The largest absolute Gasteiger partial charge is 0.447 e. The van der Waals surface area contributed by atoms with Crippen LogP contribution in [0.5, 0.6) is 0 Å². The van der Waals surface area contributed by atoms with Gasteiger partial charge in [0.25, 0.3) is 10.0 Å². The lowest BCUT2D eigenvalue weighted by molar-refractivity contribution is 0.0554. The van der Waals surface area contributed by atoms with Crippen LogP contribution in [0.15, 0.2) is 53.4 Å². The molecule has 0 N–H and O–H groups in total. The van der Waals surface area contributed by atoms with E-state index < -0.39 is 22.6 Å². The second-order valence-electron chi connectivity index (χ2n) is 4.69. The zero-order valence-electron chi connectivity index (χ0n) is 12.6. The van der Waals surface area contributed by atoms with E-state index in [9.17, 15) is 13.2 Å². The average molecular weight is 365 g/mol. The third-order valence-corrected chi connectivity index (χ3v) is 5.46. The number of carbonyl (C=O) groups is 1. The van der Waals surface area contributed by atoms with Crippen LogP contribution < -0.4 is 4.31 Å². The highest BCUT2D eigenvalue weighted by Gasteiger charge is 2.25. The summed E-state index contributed by atoms with van der Waals surface area (Å²) in [5, 5.41) is 8.42. The maximum absolute atomic E-state index is 12.8. The number of hydrogen-bond donors (Lipinski definition) is 0. The predicted octanol–water partition coefficient (Wildman–Crippen LogP) is 2.85. The average Bonchev–Trinajstić information content (AvgIpc) is 2.59. The van der Waals surface area contributed by atoms with Crippen molar-refractivity contribution < 1.29 is 17.9 Å². The van der Waals surface area contributed by atoms with Crippen molar-refractivity contribution in [2.45, 2.75) is 4.90 Å². The van der Waals surface area contributed by atoms with Crippen LogP contribution in [0, 0.1) is 11.3 Å². The lowest BCUT2D eigenvalue weighted by Gasteiger charge is -2.20. The van der Waals surface area contributed by atoms with Crippen LogP contribution >= 0.6 is 11.6 Å². The number of ether oxygens (including phenoxy) is 1. The van der Waals surface area contributed by atoms with Gasteiger partial charge in [0.15, 0.2) is 6.61 Å². The van der Waals surface area contributed by atoms with Gasteiger partial charge < -0.3 is 4.74 Å². The van der Waals surface area contributed by atoms with E-state index in [1.165, 1.54) is 19.2 Å². The molecule has 0 saturated heterocycles. The van der Waals surface area contributed by atoms with E-state index in [2.05, 4.69) is 4.74 Å². The molecule has 0 saturated carbocycles. The summed E-state index contributed by atoms with van der Waals surface area (Å²) in [6.45, 7) is -0.423. The smallest absolute Gasteiger partial charge is 0.339 e. The molecule has 0 aliphatic heterocycles. The normalized spacial score (nSPS) is 10.7. The van der Waals surface area contributed by atoms with Crippen molar-refractivity contribution in [3.8, 4) is 6.07 Å². The highest BCUT2D eigenvalue weighted by Crippen LogP contribution is 2.28. The van der Waals surface area contributed by atoms with Gasteiger partial charge in [-0.3, -0.25) is 4.31 Å². The van der Waals surface area contributed by atoms with Crippen molar-refractivity contribution in [1.29, 1.82) is 5.26 Å².